The standard InChI is InChI=1S/C14H23N3O2/c1-2-11-19-12-10-17(9-8-14(15)16-18)13-6-4-3-5-7-13/h3-7,18H,2,8-12H2,1H3,(H2,15,16). The van der Waals surface area contributed by atoms with E-state index in [1.54, 1.807) is 0 Å². The predicted octanol–water partition coefficient (Wildman–Crippen LogP) is 2.06. The number of ether oxygens (including phenoxy) is 1. The molecule has 0 atom stereocenters. The fourth-order valence-electron chi connectivity index (χ4n) is 1.73. The van der Waals surface area contributed by atoms with Gasteiger partial charge in [0, 0.05) is 31.8 Å². The summed E-state index contributed by atoms with van der Waals surface area (Å²) >= 11 is 0. The molecule has 5 heteroatoms. The van der Waals surface area contributed by atoms with Crippen molar-refractivity contribution in [3.05, 3.63) is 30.3 Å². The summed E-state index contributed by atoms with van der Waals surface area (Å²) in [4.78, 5) is 2.17. The van der Waals surface area contributed by atoms with Crippen molar-refractivity contribution in [3.63, 3.8) is 0 Å². The second-order valence-corrected chi connectivity index (χ2v) is 4.28. The van der Waals surface area contributed by atoms with E-state index in [4.69, 9.17) is 15.7 Å². The first kappa shape index (κ1) is 15.3. The van der Waals surface area contributed by atoms with Crippen molar-refractivity contribution in [1.82, 2.24) is 0 Å². The van der Waals surface area contributed by atoms with E-state index in [9.17, 15) is 0 Å². The summed E-state index contributed by atoms with van der Waals surface area (Å²) < 4.78 is 5.52. The van der Waals surface area contributed by atoms with Crippen molar-refractivity contribution < 1.29 is 9.94 Å². The third-order valence-electron chi connectivity index (χ3n) is 2.74. The van der Waals surface area contributed by atoms with Crippen molar-refractivity contribution in [2.45, 2.75) is 19.8 Å². The van der Waals surface area contributed by atoms with Crippen LogP contribution in [0.1, 0.15) is 19.8 Å². The van der Waals surface area contributed by atoms with Gasteiger partial charge in [-0.05, 0) is 18.6 Å². The molecule has 1 aromatic carbocycles. The summed E-state index contributed by atoms with van der Waals surface area (Å²) in [6.07, 6.45) is 1.55. The maximum absolute atomic E-state index is 8.58. The third-order valence-corrected chi connectivity index (χ3v) is 2.74. The van der Waals surface area contributed by atoms with Gasteiger partial charge in [-0.3, -0.25) is 0 Å². The highest BCUT2D eigenvalue weighted by atomic mass is 16.5. The summed E-state index contributed by atoms with van der Waals surface area (Å²) in [5.41, 5.74) is 6.64. The van der Waals surface area contributed by atoms with Gasteiger partial charge >= 0.3 is 0 Å². The summed E-state index contributed by atoms with van der Waals surface area (Å²) in [6, 6.07) is 10.1. The highest BCUT2D eigenvalue weighted by molar-refractivity contribution is 5.80. The van der Waals surface area contributed by atoms with Gasteiger partial charge in [-0.1, -0.05) is 30.3 Å². The molecule has 1 aromatic rings. The maximum Gasteiger partial charge on any atom is 0.140 e. The van der Waals surface area contributed by atoms with E-state index in [1.165, 1.54) is 0 Å². The van der Waals surface area contributed by atoms with Gasteiger partial charge < -0.3 is 20.6 Å². The number of benzene rings is 1. The summed E-state index contributed by atoms with van der Waals surface area (Å²) in [5, 5.41) is 11.6. The Balaban J connectivity index is 2.52. The van der Waals surface area contributed by atoms with Gasteiger partial charge in [0.05, 0.1) is 6.61 Å². The van der Waals surface area contributed by atoms with Gasteiger partial charge in [0.1, 0.15) is 5.84 Å². The number of amidine groups is 1. The topological polar surface area (TPSA) is 71.1 Å². The Morgan fingerprint density at radius 1 is 1.26 bits per heavy atom. The lowest BCUT2D eigenvalue weighted by molar-refractivity contribution is 0.141. The molecule has 0 saturated carbocycles. The molecule has 3 N–H and O–H groups in total. The van der Waals surface area contributed by atoms with Crippen LogP contribution in [0.4, 0.5) is 5.69 Å². The van der Waals surface area contributed by atoms with Crippen molar-refractivity contribution in [3.8, 4) is 0 Å². The molecule has 0 amide bonds. The van der Waals surface area contributed by atoms with E-state index in [2.05, 4.69) is 17.0 Å². The molecule has 0 aliphatic rings. The number of hydrogen-bond donors (Lipinski definition) is 2. The monoisotopic (exact) mass is 265 g/mol. The molecule has 0 aliphatic heterocycles. The number of nitrogens with two attached hydrogens (primary N) is 1. The van der Waals surface area contributed by atoms with Gasteiger partial charge in [-0.15, -0.1) is 0 Å². The largest absolute Gasteiger partial charge is 0.409 e. The van der Waals surface area contributed by atoms with Gasteiger partial charge in [0.2, 0.25) is 0 Å². The zero-order valence-electron chi connectivity index (χ0n) is 11.5. The lowest BCUT2D eigenvalue weighted by atomic mass is 10.2. The number of rotatable bonds is 9. The molecule has 0 spiro atoms. The molecule has 0 bridgehead atoms. The third kappa shape index (κ3) is 6.10. The molecule has 0 aromatic heterocycles. The molecule has 0 saturated heterocycles. The number of anilines is 1. The fourth-order valence-corrected chi connectivity index (χ4v) is 1.73. The smallest absolute Gasteiger partial charge is 0.140 e. The average Bonchev–Trinajstić information content (AvgIpc) is 2.47. The number of para-hydroxylation sites is 1. The van der Waals surface area contributed by atoms with Crippen LogP contribution in [0.25, 0.3) is 0 Å². The van der Waals surface area contributed by atoms with E-state index in [1.807, 2.05) is 30.3 Å². The summed E-state index contributed by atoms with van der Waals surface area (Å²) in [7, 11) is 0. The Morgan fingerprint density at radius 3 is 2.63 bits per heavy atom. The molecule has 1 rings (SSSR count). The first-order valence-electron chi connectivity index (χ1n) is 6.62. The molecule has 5 nitrogen and oxygen atoms in total. The van der Waals surface area contributed by atoms with E-state index in [0.717, 1.165) is 25.3 Å². The summed E-state index contributed by atoms with van der Waals surface area (Å²) in [6.45, 7) is 5.05. The number of oxime groups is 1. The second kappa shape index (κ2) is 9.22. The molecule has 0 heterocycles. The highest BCUT2D eigenvalue weighted by Gasteiger charge is 2.07. The Hall–Kier alpha value is -1.75. The normalized spacial score (nSPS) is 11.5. The highest BCUT2D eigenvalue weighted by Crippen LogP contribution is 2.13. The SMILES string of the molecule is CCCOCCN(CC/C(N)=N/O)c1ccccc1. The minimum atomic E-state index is 0.246. The first-order valence-corrected chi connectivity index (χ1v) is 6.62. The lowest BCUT2D eigenvalue weighted by Gasteiger charge is -2.24. The Bertz CT molecular complexity index is 368. The molecule has 19 heavy (non-hydrogen) atoms. The predicted molar refractivity (Wildman–Crippen MR) is 77.8 cm³/mol. The van der Waals surface area contributed by atoms with Gasteiger partial charge in [0.15, 0.2) is 0 Å². The van der Waals surface area contributed by atoms with Gasteiger partial charge in [0.25, 0.3) is 0 Å². The van der Waals surface area contributed by atoms with Crippen LogP contribution in [0.5, 0.6) is 0 Å². The van der Waals surface area contributed by atoms with E-state index in [-0.39, 0.29) is 5.84 Å². The van der Waals surface area contributed by atoms with Gasteiger partial charge in [-0.25, -0.2) is 0 Å². The van der Waals surface area contributed by atoms with Crippen molar-refractivity contribution in [1.29, 1.82) is 0 Å². The maximum atomic E-state index is 8.58. The Morgan fingerprint density at radius 2 is 2.00 bits per heavy atom. The van der Waals surface area contributed by atoms with Crippen LogP contribution < -0.4 is 10.6 Å². The van der Waals surface area contributed by atoms with E-state index in [0.29, 0.717) is 19.6 Å². The van der Waals surface area contributed by atoms with Crippen LogP contribution >= 0.6 is 0 Å². The Labute approximate surface area is 114 Å². The first-order chi connectivity index (χ1) is 9.27. The molecule has 0 aliphatic carbocycles. The quantitative estimate of drug-likeness (QED) is 0.236. The molecule has 106 valence electrons. The lowest BCUT2D eigenvalue weighted by Crippen LogP contribution is -2.31. The fraction of sp³-hybridized carbons (Fsp3) is 0.500. The zero-order chi connectivity index (χ0) is 13.9. The van der Waals surface area contributed by atoms with Crippen LogP contribution in [0, 0.1) is 0 Å². The van der Waals surface area contributed by atoms with Crippen LogP contribution in [0.2, 0.25) is 0 Å². The number of nitrogens with zero attached hydrogens (tertiary/aromatic N) is 2. The van der Waals surface area contributed by atoms with Crippen molar-refractivity contribution in [2.75, 3.05) is 31.2 Å². The van der Waals surface area contributed by atoms with Crippen molar-refractivity contribution in [2.24, 2.45) is 10.9 Å². The van der Waals surface area contributed by atoms with Crippen LogP contribution in [0.15, 0.2) is 35.5 Å². The van der Waals surface area contributed by atoms with Crippen molar-refractivity contribution >= 4 is 11.5 Å². The minimum Gasteiger partial charge on any atom is -0.409 e. The summed E-state index contributed by atoms with van der Waals surface area (Å²) in [5.74, 6) is 0.246. The van der Waals surface area contributed by atoms with Gasteiger partial charge in [-0.2, -0.15) is 0 Å². The number of hydrogen-bond acceptors (Lipinski definition) is 4. The zero-order valence-corrected chi connectivity index (χ0v) is 11.5. The Kier molecular flexibility index (Phi) is 7.43. The molecular formula is C14H23N3O2. The average molecular weight is 265 g/mol. The second-order valence-electron chi connectivity index (χ2n) is 4.28. The molecule has 0 unspecified atom stereocenters. The molecular weight excluding hydrogens is 242 g/mol. The van der Waals surface area contributed by atoms with Crippen LogP contribution in [-0.4, -0.2) is 37.3 Å². The van der Waals surface area contributed by atoms with Crippen LogP contribution in [0.3, 0.4) is 0 Å². The van der Waals surface area contributed by atoms with Crippen LogP contribution in [-0.2, 0) is 4.74 Å². The van der Waals surface area contributed by atoms with E-state index >= 15 is 0 Å². The van der Waals surface area contributed by atoms with E-state index < -0.39 is 0 Å². The molecule has 0 fully saturated rings. The molecule has 0 radical (unpaired) electrons. The minimum absolute atomic E-state index is 0.246.